The van der Waals surface area contributed by atoms with Crippen molar-refractivity contribution in [3.05, 3.63) is 70.4 Å². The topological polar surface area (TPSA) is 142 Å². The molecule has 0 saturated heterocycles. The van der Waals surface area contributed by atoms with E-state index < -0.39 is 15.9 Å². The van der Waals surface area contributed by atoms with E-state index in [4.69, 9.17) is 26.3 Å². The van der Waals surface area contributed by atoms with Gasteiger partial charge in [-0.1, -0.05) is 17.7 Å². The Labute approximate surface area is 201 Å². The lowest BCUT2D eigenvalue weighted by Gasteiger charge is -2.15. The minimum Gasteiger partial charge on any atom is -0.495 e. The first kappa shape index (κ1) is 24.6. The number of hydrogen-bond donors (Lipinski definition) is 3. The first-order valence-electron chi connectivity index (χ1n) is 9.66. The highest BCUT2D eigenvalue weighted by Gasteiger charge is 2.21. The summed E-state index contributed by atoms with van der Waals surface area (Å²) < 4.78 is 38.9. The third-order valence-corrected chi connectivity index (χ3v) is 6.34. The zero-order chi connectivity index (χ0) is 24.9. The van der Waals surface area contributed by atoms with Crippen molar-refractivity contribution in [2.45, 2.75) is 11.8 Å². The van der Waals surface area contributed by atoms with Crippen molar-refractivity contribution in [1.29, 1.82) is 5.26 Å². The van der Waals surface area contributed by atoms with Crippen LogP contribution >= 0.6 is 11.6 Å². The molecule has 3 N–H and O–H groups in total. The summed E-state index contributed by atoms with van der Waals surface area (Å²) in [5.74, 6) is 0.249. The zero-order valence-electron chi connectivity index (χ0n) is 18.3. The molecule has 0 atom stereocenters. The molecule has 34 heavy (non-hydrogen) atoms. The van der Waals surface area contributed by atoms with E-state index in [0.717, 1.165) is 0 Å². The number of nitriles is 1. The van der Waals surface area contributed by atoms with Crippen molar-refractivity contribution in [3.63, 3.8) is 0 Å². The molecule has 0 aliphatic carbocycles. The number of nitrogens with one attached hydrogen (secondary N) is 3. The molecule has 1 amide bonds. The van der Waals surface area contributed by atoms with Crippen molar-refractivity contribution in [2.75, 3.05) is 24.4 Å². The van der Waals surface area contributed by atoms with Crippen molar-refractivity contribution >= 4 is 39.0 Å². The third-order valence-electron chi connectivity index (χ3n) is 4.68. The highest BCUT2D eigenvalue weighted by Crippen LogP contribution is 2.37. The van der Waals surface area contributed by atoms with Crippen LogP contribution in [0.15, 0.2) is 53.6 Å². The lowest BCUT2D eigenvalue weighted by Crippen LogP contribution is -2.30. The predicted octanol–water partition coefficient (Wildman–Crippen LogP) is 3.49. The molecule has 176 valence electrons. The molecule has 0 bridgehead atoms. The number of halogens is 1. The number of carbonyl (C=O) groups excluding carboxylic acids is 1. The molecule has 0 aliphatic heterocycles. The minimum atomic E-state index is -4.10. The van der Waals surface area contributed by atoms with E-state index in [2.05, 4.69) is 20.6 Å². The van der Waals surface area contributed by atoms with Gasteiger partial charge in [-0.3, -0.25) is 20.4 Å². The van der Waals surface area contributed by atoms with Crippen LogP contribution in [-0.2, 0) is 10.0 Å². The van der Waals surface area contributed by atoms with Gasteiger partial charge in [0.15, 0.2) is 0 Å². The molecule has 12 heteroatoms. The minimum absolute atomic E-state index is 0.105. The Kier molecular flexibility index (Phi) is 7.45. The number of hydrogen-bond acceptors (Lipinski definition) is 8. The number of pyridine rings is 1. The fourth-order valence-corrected chi connectivity index (χ4v) is 4.21. The molecule has 3 aromatic rings. The Morgan fingerprint density at radius 1 is 1.09 bits per heavy atom. The standard InChI is InChI=1S/C22H20ClN5O5S/c1-13-4-6-15(8-16(13)22(29)27-26-21-7-5-14(11-24)12-25-21)34(30,31)28-18-9-17(23)19(32-2)10-20(18)33-3/h4-10,12,28H,1-3H3,(H,25,26)(H,27,29). The fourth-order valence-electron chi connectivity index (χ4n) is 2.88. The smallest absolute Gasteiger partial charge is 0.269 e. The summed E-state index contributed by atoms with van der Waals surface area (Å²) >= 11 is 6.13. The van der Waals surface area contributed by atoms with E-state index in [-0.39, 0.29) is 26.9 Å². The number of benzene rings is 2. The van der Waals surface area contributed by atoms with Crippen LogP contribution in [0, 0.1) is 18.3 Å². The van der Waals surface area contributed by atoms with Gasteiger partial charge in [0.1, 0.15) is 23.4 Å². The van der Waals surface area contributed by atoms with Crippen LogP contribution in [0.3, 0.4) is 0 Å². The summed E-state index contributed by atoms with van der Waals surface area (Å²) in [5.41, 5.74) is 6.24. The largest absolute Gasteiger partial charge is 0.495 e. The summed E-state index contributed by atoms with van der Waals surface area (Å²) in [6, 6.07) is 12.0. The van der Waals surface area contributed by atoms with Crippen molar-refractivity contribution in [1.82, 2.24) is 10.4 Å². The van der Waals surface area contributed by atoms with Crippen LogP contribution in [0.2, 0.25) is 5.02 Å². The lowest BCUT2D eigenvalue weighted by atomic mass is 10.1. The number of sulfonamides is 1. The highest BCUT2D eigenvalue weighted by atomic mass is 35.5. The maximum Gasteiger partial charge on any atom is 0.269 e. The van der Waals surface area contributed by atoms with Crippen molar-refractivity contribution in [2.24, 2.45) is 0 Å². The number of anilines is 2. The van der Waals surface area contributed by atoms with Gasteiger partial charge in [0, 0.05) is 17.8 Å². The maximum absolute atomic E-state index is 13.0. The van der Waals surface area contributed by atoms with Crippen LogP contribution in [-0.4, -0.2) is 33.5 Å². The number of carbonyl (C=O) groups is 1. The quantitative estimate of drug-likeness (QED) is 0.398. The number of nitrogens with zero attached hydrogens (tertiary/aromatic N) is 2. The first-order valence-corrected chi connectivity index (χ1v) is 11.5. The molecular weight excluding hydrogens is 482 g/mol. The molecule has 10 nitrogen and oxygen atoms in total. The monoisotopic (exact) mass is 501 g/mol. The Balaban J connectivity index is 1.83. The molecule has 1 aromatic heterocycles. The molecule has 2 aromatic carbocycles. The zero-order valence-corrected chi connectivity index (χ0v) is 19.9. The van der Waals surface area contributed by atoms with Crippen LogP contribution in [0.5, 0.6) is 11.5 Å². The average molecular weight is 502 g/mol. The SMILES string of the molecule is COc1cc(OC)c(NS(=O)(=O)c2ccc(C)c(C(=O)NNc3ccc(C#N)cn3)c2)cc1Cl. The molecule has 0 radical (unpaired) electrons. The number of rotatable bonds is 8. The van der Waals surface area contributed by atoms with Gasteiger partial charge in [0.25, 0.3) is 15.9 Å². The van der Waals surface area contributed by atoms with E-state index in [9.17, 15) is 13.2 Å². The van der Waals surface area contributed by atoms with Gasteiger partial charge >= 0.3 is 0 Å². The Morgan fingerprint density at radius 2 is 1.82 bits per heavy atom. The first-order chi connectivity index (χ1) is 16.2. The third kappa shape index (κ3) is 5.48. The summed E-state index contributed by atoms with van der Waals surface area (Å²) in [6.45, 7) is 1.67. The van der Waals surface area contributed by atoms with E-state index >= 15 is 0 Å². The number of aryl methyl sites for hydroxylation is 1. The molecule has 0 unspecified atom stereocenters. The number of hydrazine groups is 1. The number of methoxy groups -OCH3 is 2. The van der Waals surface area contributed by atoms with Gasteiger partial charge in [-0.2, -0.15) is 5.26 Å². The number of ether oxygens (including phenoxy) is 2. The van der Waals surface area contributed by atoms with Gasteiger partial charge in [-0.05, 0) is 42.8 Å². The normalized spacial score (nSPS) is 10.7. The van der Waals surface area contributed by atoms with Gasteiger partial charge in [0.2, 0.25) is 0 Å². The summed E-state index contributed by atoms with van der Waals surface area (Å²) in [7, 11) is -1.30. The van der Waals surface area contributed by atoms with Crippen LogP contribution in [0.25, 0.3) is 0 Å². The summed E-state index contributed by atoms with van der Waals surface area (Å²) in [6.07, 6.45) is 1.35. The van der Waals surface area contributed by atoms with E-state index in [1.54, 1.807) is 6.92 Å². The molecule has 0 aliphatic rings. The molecule has 3 rings (SSSR count). The molecule has 1 heterocycles. The van der Waals surface area contributed by atoms with E-state index in [1.807, 2.05) is 6.07 Å². The van der Waals surface area contributed by atoms with E-state index in [0.29, 0.717) is 22.7 Å². The Morgan fingerprint density at radius 3 is 2.44 bits per heavy atom. The lowest BCUT2D eigenvalue weighted by molar-refractivity contribution is 0.0961. The second-order valence-electron chi connectivity index (χ2n) is 6.89. The van der Waals surface area contributed by atoms with E-state index in [1.165, 1.54) is 62.9 Å². The Bertz CT molecular complexity index is 1370. The van der Waals surface area contributed by atoms with Crippen LogP contribution in [0.1, 0.15) is 21.5 Å². The number of amides is 1. The van der Waals surface area contributed by atoms with Gasteiger partial charge in [-0.25, -0.2) is 13.4 Å². The van der Waals surface area contributed by atoms with Crippen LogP contribution in [0.4, 0.5) is 11.5 Å². The summed E-state index contributed by atoms with van der Waals surface area (Å²) in [5, 5.41) is 9.01. The Hall–Kier alpha value is -4.01. The molecule has 0 saturated carbocycles. The molecular formula is C22H20ClN5O5S. The molecule has 0 fully saturated rings. The van der Waals surface area contributed by atoms with Gasteiger partial charge in [-0.15, -0.1) is 0 Å². The fraction of sp³-hybridized carbons (Fsp3) is 0.136. The summed E-state index contributed by atoms with van der Waals surface area (Å²) in [4.78, 5) is 16.5. The highest BCUT2D eigenvalue weighted by molar-refractivity contribution is 7.92. The second kappa shape index (κ2) is 10.3. The van der Waals surface area contributed by atoms with Gasteiger partial charge < -0.3 is 9.47 Å². The van der Waals surface area contributed by atoms with Gasteiger partial charge in [0.05, 0.1) is 35.4 Å². The number of aromatic nitrogens is 1. The second-order valence-corrected chi connectivity index (χ2v) is 8.98. The van der Waals surface area contributed by atoms with Crippen LogP contribution < -0.4 is 25.0 Å². The molecule has 0 spiro atoms. The van der Waals surface area contributed by atoms with Crippen molar-refractivity contribution in [3.8, 4) is 17.6 Å². The average Bonchev–Trinajstić information content (AvgIpc) is 2.83. The van der Waals surface area contributed by atoms with Crippen molar-refractivity contribution < 1.29 is 22.7 Å². The maximum atomic E-state index is 13.0. The predicted molar refractivity (Wildman–Crippen MR) is 127 cm³/mol.